The first-order valence-electron chi connectivity index (χ1n) is 15.4. The lowest BCUT2D eigenvalue weighted by Gasteiger charge is -2.15. The van der Waals surface area contributed by atoms with E-state index in [1.54, 1.807) is 18.3 Å². The quantitative estimate of drug-likeness (QED) is 0.181. The van der Waals surface area contributed by atoms with E-state index in [1.165, 1.54) is 10.9 Å². The zero-order valence-corrected chi connectivity index (χ0v) is 25.0. The molecule has 224 valence electrons. The number of halogens is 3. The molecule has 0 aliphatic carbocycles. The third-order valence-corrected chi connectivity index (χ3v) is 9.70. The van der Waals surface area contributed by atoms with Crippen LogP contribution in [0.3, 0.4) is 0 Å². The maximum Gasteiger partial charge on any atom is 0.416 e. The second-order valence-electron chi connectivity index (χ2n) is 12.3. The van der Waals surface area contributed by atoms with Crippen molar-refractivity contribution in [2.24, 2.45) is 0 Å². The molecule has 0 amide bonds. The lowest BCUT2D eigenvalue weighted by Crippen LogP contribution is -2.05. The highest BCUT2D eigenvalue weighted by molar-refractivity contribution is 6.37. The van der Waals surface area contributed by atoms with E-state index in [-0.39, 0.29) is 0 Å². The van der Waals surface area contributed by atoms with E-state index in [4.69, 9.17) is 0 Å². The van der Waals surface area contributed by atoms with E-state index in [1.807, 2.05) is 29.2 Å². The topological polar surface area (TPSA) is 35.6 Å². The van der Waals surface area contributed by atoms with E-state index in [9.17, 15) is 13.2 Å². The predicted octanol–water partition coefficient (Wildman–Crippen LogP) is 10.9. The van der Waals surface area contributed by atoms with Crippen LogP contribution in [0.5, 0.6) is 0 Å². The molecule has 0 N–H and O–H groups in total. The lowest BCUT2D eigenvalue weighted by molar-refractivity contribution is -0.137. The molecule has 0 fully saturated rings. The molecule has 7 heteroatoms. The van der Waals surface area contributed by atoms with Crippen molar-refractivity contribution >= 4 is 75.9 Å². The van der Waals surface area contributed by atoms with Crippen LogP contribution >= 0.6 is 0 Å². The van der Waals surface area contributed by atoms with Crippen LogP contribution in [-0.2, 0) is 6.18 Å². The van der Waals surface area contributed by atoms with Gasteiger partial charge in [-0.05, 0) is 99.9 Å². The Kier molecular flexibility index (Phi) is 5.07. The number of hydrogen-bond acceptors (Lipinski definition) is 2. The van der Waals surface area contributed by atoms with Gasteiger partial charge in [0.2, 0.25) is 0 Å². The number of fused-ring (bicyclic) bond motifs is 8. The molecule has 0 spiro atoms. The van der Waals surface area contributed by atoms with E-state index < -0.39 is 11.7 Å². The van der Waals surface area contributed by atoms with Crippen LogP contribution in [0.1, 0.15) is 11.1 Å². The number of aryl methyl sites for hydroxylation is 1. The normalized spacial score (nSPS) is 12.7. The fourth-order valence-corrected chi connectivity index (χ4v) is 7.70. The van der Waals surface area contributed by atoms with Crippen LogP contribution in [0.15, 0.2) is 122 Å². The van der Waals surface area contributed by atoms with Gasteiger partial charge in [0.25, 0.3) is 0 Å². The molecule has 0 aliphatic rings. The van der Waals surface area contributed by atoms with Gasteiger partial charge in [-0.2, -0.15) is 13.2 Å². The van der Waals surface area contributed by atoms with Gasteiger partial charge in [-0.1, -0.05) is 42.0 Å². The standard InChI is InChI=1S/C40H23F3N4/c1-22-2-8-26(9-3-22)46-32-14-16-44-20-30(32)38-28-12-5-24-19-35-39(29-13-4-23(18-34(38)46)36(28)37(24)29)31-21-45-17-15-33(31)47(35)27-10-6-25(7-11-27)40(41,42)43/h2-21H,1H3. The van der Waals surface area contributed by atoms with Crippen molar-refractivity contribution in [3.8, 4) is 11.4 Å². The van der Waals surface area contributed by atoms with Crippen LogP contribution < -0.4 is 0 Å². The molecule has 0 aliphatic heterocycles. The van der Waals surface area contributed by atoms with Gasteiger partial charge in [0.15, 0.2) is 0 Å². The molecule has 0 unspecified atom stereocenters. The number of nitrogens with zero attached hydrogens (tertiary/aromatic N) is 4. The van der Waals surface area contributed by atoms with Crippen LogP contribution in [0.25, 0.3) is 87.3 Å². The number of aromatic nitrogens is 4. The molecule has 0 bridgehead atoms. The smallest absolute Gasteiger partial charge is 0.309 e. The molecule has 0 radical (unpaired) electrons. The molecular weight excluding hydrogens is 593 g/mol. The third-order valence-electron chi connectivity index (χ3n) is 9.70. The SMILES string of the molecule is Cc1ccc(-n2c3ccncc3c3c4ccc5cc6c(c7ccc(cc32)c4c57)c2cnccc2n6-c2ccc(C(F)(F)F)cc2)cc1. The molecule has 0 saturated carbocycles. The number of hydrogen-bond donors (Lipinski definition) is 0. The number of benzene rings is 6. The van der Waals surface area contributed by atoms with Crippen molar-refractivity contribution < 1.29 is 13.2 Å². The predicted molar refractivity (Wildman–Crippen MR) is 184 cm³/mol. The van der Waals surface area contributed by atoms with Crippen molar-refractivity contribution in [3.05, 3.63) is 133 Å². The van der Waals surface area contributed by atoms with Gasteiger partial charge in [-0.15, -0.1) is 0 Å². The Bertz CT molecular complexity index is 2880. The van der Waals surface area contributed by atoms with Crippen molar-refractivity contribution in [2.45, 2.75) is 13.1 Å². The molecule has 0 atom stereocenters. The molecular formula is C40H23F3N4. The highest BCUT2D eigenvalue weighted by Crippen LogP contribution is 2.46. The summed E-state index contributed by atoms with van der Waals surface area (Å²) in [7, 11) is 0. The maximum atomic E-state index is 13.4. The van der Waals surface area contributed by atoms with Crippen LogP contribution in [-0.4, -0.2) is 19.1 Å². The van der Waals surface area contributed by atoms with Gasteiger partial charge in [-0.3, -0.25) is 9.97 Å². The summed E-state index contributed by atoms with van der Waals surface area (Å²) in [6.07, 6.45) is 2.98. The van der Waals surface area contributed by atoms with Gasteiger partial charge in [0.05, 0.1) is 27.6 Å². The van der Waals surface area contributed by atoms with Crippen molar-refractivity contribution in [3.63, 3.8) is 0 Å². The summed E-state index contributed by atoms with van der Waals surface area (Å²) in [5.41, 5.74) is 6.33. The zero-order chi connectivity index (χ0) is 31.6. The summed E-state index contributed by atoms with van der Waals surface area (Å²) in [5, 5.41) is 11.0. The molecule has 4 nitrogen and oxygen atoms in total. The molecule has 10 rings (SSSR count). The van der Waals surface area contributed by atoms with Crippen molar-refractivity contribution in [2.75, 3.05) is 0 Å². The highest BCUT2D eigenvalue weighted by Gasteiger charge is 2.30. The Morgan fingerprint density at radius 1 is 0.489 bits per heavy atom. The summed E-state index contributed by atoms with van der Waals surface area (Å²) < 4.78 is 44.7. The highest BCUT2D eigenvalue weighted by atomic mass is 19.4. The molecule has 4 heterocycles. The summed E-state index contributed by atoms with van der Waals surface area (Å²) in [6.45, 7) is 2.10. The van der Waals surface area contributed by atoms with E-state index in [2.05, 4.69) is 88.2 Å². The van der Waals surface area contributed by atoms with E-state index in [0.29, 0.717) is 5.69 Å². The van der Waals surface area contributed by atoms with Crippen molar-refractivity contribution in [1.82, 2.24) is 19.1 Å². The Labute approximate surface area is 265 Å². The fourth-order valence-electron chi connectivity index (χ4n) is 7.70. The van der Waals surface area contributed by atoms with Crippen LogP contribution in [0, 0.1) is 6.92 Å². The largest absolute Gasteiger partial charge is 0.416 e. The summed E-state index contributed by atoms with van der Waals surface area (Å²) in [5.74, 6) is 0. The third kappa shape index (κ3) is 3.54. The minimum atomic E-state index is -4.40. The minimum Gasteiger partial charge on any atom is -0.309 e. The summed E-state index contributed by atoms with van der Waals surface area (Å²) in [4.78, 5) is 9.00. The molecule has 6 aromatic carbocycles. The minimum absolute atomic E-state index is 0.662. The molecule has 4 aromatic heterocycles. The molecule has 10 aromatic rings. The maximum absolute atomic E-state index is 13.4. The van der Waals surface area contributed by atoms with Gasteiger partial charge in [0, 0.05) is 57.7 Å². The average Bonchev–Trinajstić information content (AvgIpc) is 3.59. The first-order valence-corrected chi connectivity index (χ1v) is 15.4. The van der Waals surface area contributed by atoms with Crippen LogP contribution in [0.4, 0.5) is 13.2 Å². The summed E-state index contributed by atoms with van der Waals surface area (Å²) >= 11 is 0. The monoisotopic (exact) mass is 616 g/mol. The average molecular weight is 617 g/mol. The van der Waals surface area contributed by atoms with E-state index >= 15 is 0 Å². The van der Waals surface area contributed by atoms with E-state index in [0.717, 1.165) is 88.4 Å². The second-order valence-corrected chi connectivity index (χ2v) is 12.3. The molecule has 0 saturated heterocycles. The fraction of sp³-hybridized carbons (Fsp3) is 0.0500. The Hall–Kier alpha value is -5.95. The van der Waals surface area contributed by atoms with Gasteiger partial charge >= 0.3 is 6.18 Å². The number of rotatable bonds is 2. The number of alkyl halides is 3. The van der Waals surface area contributed by atoms with Gasteiger partial charge < -0.3 is 9.13 Å². The van der Waals surface area contributed by atoms with Gasteiger partial charge in [0.1, 0.15) is 0 Å². The summed E-state index contributed by atoms with van der Waals surface area (Å²) in [6, 6.07) is 31.2. The van der Waals surface area contributed by atoms with Gasteiger partial charge in [-0.25, -0.2) is 0 Å². The molecule has 47 heavy (non-hydrogen) atoms. The lowest BCUT2D eigenvalue weighted by atomic mass is 9.90. The Balaban J connectivity index is 1.33. The Morgan fingerprint density at radius 3 is 1.43 bits per heavy atom. The Morgan fingerprint density at radius 2 is 0.957 bits per heavy atom. The first-order chi connectivity index (χ1) is 22.9. The second kappa shape index (κ2) is 9.07. The first kappa shape index (κ1) is 26.3. The van der Waals surface area contributed by atoms with Crippen molar-refractivity contribution in [1.29, 1.82) is 0 Å². The van der Waals surface area contributed by atoms with Crippen LogP contribution in [0.2, 0.25) is 0 Å². The zero-order valence-electron chi connectivity index (χ0n) is 25.0. The number of pyridine rings is 2.